The summed E-state index contributed by atoms with van der Waals surface area (Å²) < 4.78 is 0. The van der Waals surface area contributed by atoms with Crippen LogP contribution in [0.5, 0.6) is 0 Å². The maximum absolute atomic E-state index is 4.51. The molecule has 2 aromatic rings. The van der Waals surface area contributed by atoms with Crippen molar-refractivity contribution in [3.05, 3.63) is 47.2 Å². The molecule has 1 aromatic heterocycles. The van der Waals surface area contributed by atoms with Gasteiger partial charge in [0.05, 0.1) is 12.1 Å². The number of benzene rings is 1. The van der Waals surface area contributed by atoms with E-state index >= 15 is 0 Å². The third kappa shape index (κ3) is 1.65. The molecule has 0 amide bonds. The average molecular weight is 236 g/mol. The summed E-state index contributed by atoms with van der Waals surface area (Å²) in [7, 11) is 0. The van der Waals surface area contributed by atoms with Crippen molar-refractivity contribution < 1.29 is 0 Å². The number of hydrogen-bond donors (Lipinski definition) is 0. The molecule has 0 spiro atoms. The molecule has 1 aromatic carbocycles. The number of allylic oxidation sites excluding steroid dienone is 1. The van der Waals surface area contributed by atoms with Crippen LogP contribution in [0.15, 0.2) is 41.0 Å². The molecule has 0 atom stereocenters. The van der Waals surface area contributed by atoms with Crippen LogP contribution in [0.4, 0.5) is 0 Å². The molecule has 0 fully saturated rings. The first kappa shape index (κ1) is 11.1. The van der Waals surface area contributed by atoms with Gasteiger partial charge >= 0.3 is 0 Å². The van der Waals surface area contributed by atoms with Crippen LogP contribution in [0, 0.1) is 6.92 Å². The van der Waals surface area contributed by atoms with E-state index < -0.39 is 0 Å². The number of nitrogens with zero attached hydrogens (tertiary/aromatic N) is 2. The van der Waals surface area contributed by atoms with Crippen LogP contribution in [0.3, 0.4) is 0 Å². The lowest BCUT2D eigenvalue weighted by Crippen LogP contribution is -1.96. The Labute approximate surface area is 107 Å². The van der Waals surface area contributed by atoms with Gasteiger partial charge in [-0.05, 0) is 49.6 Å². The predicted molar refractivity (Wildman–Crippen MR) is 77.1 cm³/mol. The van der Waals surface area contributed by atoms with Crippen LogP contribution in [-0.4, -0.2) is 17.2 Å². The second-order valence-electron chi connectivity index (χ2n) is 4.92. The third-order valence-electron chi connectivity index (χ3n) is 3.56. The molecular weight excluding hydrogens is 220 g/mol. The normalized spacial score (nSPS) is 15.4. The Morgan fingerprint density at radius 2 is 1.94 bits per heavy atom. The van der Waals surface area contributed by atoms with Crippen molar-refractivity contribution in [1.82, 2.24) is 4.98 Å². The zero-order valence-corrected chi connectivity index (χ0v) is 11.0. The first-order valence-corrected chi connectivity index (χ1v) is 6.24. The summed E-state index contributed by atoms with van der Waals surface area (Å²) in [6.07, 6.45) is 1.85. The van der Waals surface area contributed by atoms with E-state index in [1.807, 2.05) is 12.3 Å². The van der Waals surface area contributed by atoms with Crippen LogP contribution in [-0.2, 0) is 0 Å². The minimum Gasteiger partial charge on any atom is -0.285 e. The van der Waals surface area contributed by atoms with E-state index in [9.17, 15) is 0 Å². The number of aliphatic imine (C=N–C) groups is 1. The number of hydrogen-bond acceptors (Lipinski definition) is 2. The monoisotopic (exact) mass is 236 g/mol. The van der Waals surface area contributed by atoms with Gasteiger partial charge in [0, 0.05) is 22.9 Å². The van der Waals surface area contributed by atoms with E-state index in [-0.39, 0.29) is 0 Å². The van der Waals surface area contributed by atoms with E-state index in [1.165, 1.54) is 27.7 Å². The number of pyridine rings is 1. The van der Waals surface area contributed by atoms with Crippen LogP contribution >= 0.6 is 0 Å². The molecule has 0 unspecified atom stereocenters. The predicted octanol–water partition coefficient (Wildman–Crippen LogP) is 3.79. The summed E-state index contributed by atoms with van der Waals surface area (Å²) >= 11 is 0. The fourth-order valence-corrected chi connectivity index (χ4v) is 2.67. The van der Waals surface area contributed by atoms with Gasteiger partial charge in [0.25, 0.3) is 0 Å². The van der Waals surface area contributed by atoms with Crippen molar-refractivity contribution in [3.8, 4) is 0 Å². The largest absolute Gasteiger partial charge is 0.285 e. The van der Waals surface area contributed by atoms with Crippen molar-refractivity contribution in [2.24, 2.45) is 4.99 Å². The van der Waals surface area contributed by atoms with Crippen molar-refractivity contribution in [2.45, 2.75) is 20.8 Å². The molecule has 0 bridgehead atoms. The number of aromatic nitrogens is 1. The summed E-state index contributed by atoms with van der Waals surface area (Å²) in [6.45, 7) is 7.22. The summed E-state index contributed by atoms with van der Waals surface area (Å²) in [5, 5.41) is 1.23. The van der Waals surface area contributed by atoms with E-state index in [4.69, 9.17) is 0 Å². The molecule has 90 valence electrons. The molecule has 2 nitrogen and oxygen atoms in total. The number of fused-ring (bicyclic) bond motifs is 1. The van der Waals surface area contributed by atoms with Crippen LogP contribution in [0.1, 0.15) is 25.0 Å². The highest BCUT2D eigenvalue weighted by molar-refractivity contribution is 6.25. The topological polar surface area (TPSA) is 25.2 Å². The van der Waals surface area contributed by atoms with Crippen LogP contribution < -0.4 is 0 Å². The van der Waals surface area contributed by atoms with Gasteiger partial charge in [-0.2, -0.15) is 0 Å². The first-order chi connectivity index (χ1) is 8.66. The Hall–Kier alpha value is -1.96. The minimum atomic E-state index is 0.834. The maximum Gasteiger partial charge on any atom is 0.0710 e. The Morgan fingerprint density at radius 1 is 1.11 bits per heavy atom. The van der Waals surface area contributed by atoms with E-state index in [2.05, 4.69) is 48.9 Å². The Morgan fingerprint density at radius 3 is 2.67 bits per heavy atom. The Bertz CT molecular complexity index is 693. The lowest BCUT2D eigenvalue weighted by Gasteiger charge is -2.09. The molecule has 0 N–H and O–H groups in total. The molecule has 0 saturated carbocycles. The summed E-state index contributed by atoms with van der Waals surface area (Å²) in [5.74, 6) is 0. The van der Waals surface area contributed by atoms with E-state index in [0.29, 0.717) is 0 Å². The molecule has 0 saturated heterocycles. The molecule has 0 aliphatic carbocycles. The van der Waals surface area contributed by atoms with Crippen LogP contribution in [0.2, 0.25) is 0 Å². The minimum absolute atomic E-state index is 0.834. The lowest BCUT2D eigenvalue weighted by molar-refractivity contribution is 1.18. The van der Waals surface area contributed by atoms with Crippen LogP contribution in [0.25, 0.3) is 16.5 Å². The highest BCUT2D eigenvalue weighted by atomic mass is 14.8. The van der Waals surface area contributed by atoms with Gasteiger partial charge in [-0.3, -0.25) is 9.98 Å². The fraction of sp³-hybridized carbons (Fsp3) is 0.250. The van der Waals surface area contributed by atoms with Gasteiger partial charge in [-0.1, -0.05) is 12.1 Å². The smallest absolute Gasteiger partial charge is 0.0710 e. The van der Waals surface area contributed by atoms with Crippen molar-refractivity contribution >= 4 is 22.2 Å². The second kappa shape index (κ2) is 4.05. The quantitative estimate of drug-likeness (QED) is 0.739. The lowest BCUT2D eigenvalue weighted by atomic mass is 9.95. The molecule has 1 aliphatic heterocycles. The summed E-state index contributed by atoms with van der Waals surface area (Å²) in [5.41, 5.74) is 7.37. The van der Waals surface area contributed by atoms with Crippen molar-refractivity contribution in [3.63, 3.8) is 0 Å². The maximum atomic E-state index is 4.51. The van der Waals surface area contributed by atoms with Gasteiger partial charge in [-0.25, -0.2) is 0 Å². The fourth-order valence-electron chi connectivity index (χ4n) is 2.67. The molecule has 2 heteroatoms. The number of rotatable bonds is 1. The molecule has 3 rings (SSSR count). The number of aryl methyl sites for hydroxylation is 1. The SMILES string of the molecule is CC1=NCC(C)=C1c1cc(C)c2cccnc2c1. The Kier molecular flexibility index (Phi) is 2.51. The highest BCUT2D eigenvalue weighted by Gasteiger charge is 2.15. The zero-order chi connectivity index (χ0) is 12.7. The summed E-state index contributed by atoms with van der Waals surface area (Å²) in [6, 6.07) is 8.53. The molecular formula is C16H16N2. The molecule has 0 radical (unpaired) electrons. The molecule has 18 heavy (non-hydrogen) atoms. The zero-order valence-electron chi connectivity index (χ0n) is 11.0. The standard InChI is InChI=1S/C16H16N2/c1-10-7-13(16-11(2)9-18-12(16)3)8-15-14(10)5-4-6-17-15/h4-8H,9H2,1-3H3. The van der Waals surface area contributed by atoms with Gasteiger partial charge in [0.15, 0.2) is 0 Å². The van der Waals surface area contributed by atoms with Gasteiger partial charge in [-0.15, -0.1) is 0 Å². The van der Waals surface area contributed by atoms with Gasteiger partial charge in [0.1, 0.15) is 0 Å². The van der Waals surface area contributed by atoms with Gasteiger partial charge in [0.2, 0.25) is 0 Å². The highest BCUT2D eigenvalue weighted by Crippen LogP contribution is 2.29. The Balaban J connectivity index is 2.26. The van der Waals surface area contributed by atoms with E-state index in [1.54, 1.807) is 0 Å². The average Bonchev–Trinajstić information content (AvgIpc) is 2.69. The van der Waals surface area contributed by atoms with Crippen molar-refractivity contribution in [2.75, 3.05) is 6.54 Å². The molecule has 2 heterocycles. The first-order valence-electron chi connectivity index (χ1n) is 6.24. The second-order valence-corrected chi connectivity index (χ2v) is 4.92. The van der Waals surface area contributed by atoms with Gasteiger partial charge < -0.3 is 0 Å². The summed E-state index contributed by atoms with van der Waals surface area (Å²) in [4.78, 5) is 8.97. The third-order valence-corrected chi connectivity index (χ3v) is 3.56. The van der Waals surface area contributed by atoms with E-state index in [0.717, 1.165) is 17.8 Å². The molecule has 1 aliphatic rings. The van der Waals surface area contributed by atoms with Crippen molar-refractivity contribution in [1.29, 1.82) is 0 Å².